The number of rotatable bonds is 20. The number of halogens is 1. The fraction of sp³-hybridized carbons (Fsp3) is 0.452. The molecular weight excluding hydrogens is 610 g/mol. The lowest BCUT2D eigenvalue weighted by Gasteiger charge is -2.27. The number of hydrogen-bond donors (Lipinski definition) is 5. The summed E-state index contributed by atoms with van der Waals surface area (Å²) in [6.07, 6.45) is 9.36. The zero-order valence-corrected chi connectivity index (χ0v) is 27.5. The van der Waals surface area contributed by atoms with Crippen molar-refractivity contribution in [1.82, 2.24) is 25.5 Å². The average molecular weight is 654 g/mol. The molecule has 0 aliphatic carbocycles. The molecule has 6 N–H and O–H groups in total. The molecule has 0 fully saturated rings. The van der Waals surface area contributed by atoms with E-state index in [1.165, 1.54) is 29.9 Å². The third-order valence-corrected chi connectivity index (χ3v) is 8.52. The van der Waals surface area contributed by atoms with Gasteiger partial charge in [-0.25, -0.2) is 14.4 Å². The van der Waals surface area contributed by atoms with Gasteiger partial charge in [-0.05, 0) is 56.3 Å². The molecule has 11 nitrogen and oxygen atoms in total. The van der Waals surface area contributed by atoms with E-state index in [9.17, 15) is 4.39 Å². The summed E-state index contributed by atoms with van der Waals surface area (Å²) < 4.78 is 13.4. The summed E-state index contributed by atoms with van der Waals surface area (Å²) in [7, 11) is 2.16. The SMILES string of the molecule is CN(CCCCCCCN/C(=N/CCSCc1csc(NC(=N)N)n1)NC#N)CCN(Cc1ccc(F)cc1)c1ccccn1. The maximum Gasteiger partial charge on any atom is 0.204 e. The number of hydrogen-bond acceptors (Lipinski definition) is 9. The number of thiazole rings is 1. The van der Waals surface area contributed by atoms with E-state index >= 15 is 0 Å². The topological polar surface area (TPSA) is 154 Å². The van der Waals surface area contributed by atoms with Gasteiger partial charge in [-0.1, -0.05) is 37.5 Å². The van der Waals surface area contributed by atoms with Crippen molar-refractivity contribution in [3.05, 3.63) is 71.1 Å². The Labute approximate surface area is 274 Å². The minimum absolute atomic E-state index is 0.121. The lowest BCUT2D eigenvalue weighted by molar-refractivity contribution is 0.328. The smallest absolute Gasteiger partial charge is 0.204 e. The van der Waals surface area contributed by atoms with Gasteiger partial charge in [0.05, 0.1) is 12.2 Å². The molecule has 0 aliphatic rings. The Hall–Kier alpha value is -3.93. The Morgan fingerprint density at radius 1 is 1.11 bits per heavy atom. The largest absolute Gasteiger partial charge is 0.370 e. The number of benzene rings is 1. The number of nitrogens with two attached hydrogens (primary N) is 1. The molecule has 0 saturated carbocycles. The second-order valence-corrected chi connectivity index (χ2v) is 12.4. The van der Waals surface area contributed by atoms with Crippen LogP contribution >= 0.6 is 23.1 Å². The maximum atomic E-state index is 13.4. The quantitative estimate of drug-likeness (QED) is 0.0377. The van der Waals surface area contributed by atoms with Gasteiger partial charge in [0, 0.05) is 49.3 Å². The van der Waals surface area contributed by atoms with Crippen molar-refractivity contribution in [3.8, 4) is 6.19 Å². The Balaban J connectivity index is 1.24. The van der Waals surface area contributed by atoms with Gasteiger partial charge in [0.25, 0.3) is 0 Å². The van der Waals surface area contributed by atoms with Crippen LogP contribution < -0.4 is 26.6 Å². The van der Waals surface area contributed by atoms with Gasteiger partial charge in [-0.2, -0.15) is 17.0 Å². The van der Waals surface area contributed by atoms with Crippen molar-refractivity contribution in [2.24, 2.45) is 10.7 Å². The molecule has 1 aromatic carbocycles. The molecule has 2 heterocycles. The van der Waals surface area contributed by atoms with Crippen LogP contribution in [0.25, 0.3) is 0 Å². The molecule has 0 spiro atoms. The van der Waals surface area contributed by atoms with Gasteiger partial charge in [0.2, 0.25) is 5.96 Å². The highest BCUT2D eigenvalue weighted by Crippen LogP contribution is 2.19. The van der Waals surface area contributed by atoms with Gasteiger partial charge >= 0.3 is 0 Å². The molecule has 45 heavy (non-hydrogen) atoms. The molecule has 0 atom stereocenters. The molecular formula is C31H44FN11S2. The van der Waals surface area contributed by atoms with Crippen LogP contribution in [0.15, 0.2) is 59.0 Å². The van der Waals surface area contributed by atoms with Gasteiger partial charge in [0.1, 0.15) is 11.6 Å². The fourth-order valence-corrected chi connectivity index (χ4v) is 5.96. The summed E-state index contributed by atoms with van der Waals surface area (Å²) in [5, 5.41) is 27.5. The number of likely N-dealkylation sites (N-methyl/N-ethyl adjacent to an activating group) is 1. The predicted molar refractivity (Wildman–Crippen MR) is 185 cm³/mol. The number of nitriles is 1. The predicted octanol–water partition coefficient (Wildman–Crippen LogP) is 4.82. The third-order valence-electron chi connectivity index (χ3n) is 6.74. The second-order valence-electron chi connectivity index (χ2n) is 10.4. The van der Waals surface area contributed by atoms with E-state index in [2.05, 4.69) is 47.8 Å². The normalized spacial score (nSPS) is 11.3. The number of aliphatic imine (C=N–C) groups is 1. The number of guanidine groups is 2. The lowest BCUT2D eigenvalue weighted by Crippen LogP contribution is -2.35. The van der Waals surface area contributed by atoms with E-state index in [1.54, 1.807) is 18.0 Å². The molecule has 3 aromatic rings. The van der Waals surface area contributed by atoms with Gasteiger partial charge in [0.15, 0.2) is 17.3 Å². The van der Waals surface area contributed by atoms with Gasteiger partial charge < -0.3 is 26.2 Å². The highest BCUT2D eigenvalue weighted by molar-refractivity contribution is 7.98. The summed E-state index contributed by atoms with van der Waals surface area (Å²) in [5.74, 6) is 2.64. The van der Waals surface area contributed by atoms with E-state index in [1.807, 2.05) is 41.9 Å². The van der Waals surface area contributed by atoms with Crippen molar-refractivity contribution in [3.63, 3.8) is 0 Å². The van der Waals surface area contributed by atoms with Crippen molar-refractivity contribution < 1.29 is 4.39 Å². The monoisotopic (exact) mass is 653 g/mol. The number of aromatic nitrogens is 2. The van der Waals surface area contributed by atoms with Crippen LogP contribution in [0.4, 0.5) is 15.3 Å². The summed E-state index contributed by atoms with van der Waals surface area (Å²) in [4.78, 5) is 18.0. The summed E-state index contributed by atoms with van der Waals surface area (Å²) in [5.41, 5.74) is 7.32. The molecule has 0 radical (unpaired) electrons. The first kappa shape index (κ1) is 35.5. The minimum Gasteiger partial charge on any atom is -0.370 e. The number of thioether (sulfide) groups is 1. The van der Waals surface area contributed by atoms with Crippen LogP contribution in [0.5, 0.6) is 0 Å². The van der Waals surface area contributed by atoms with Crippen LogP contribution in [0.1, 0.15) is 43.4 Å². The molecule has 0 bridgehead atoms. The van der Waals surface area contributed by atoms with E-state index in [4.69, 9.17) is 16.4 Å². The van der Waals surface area contributed by atoms with E-state index in [0.717, 1.165) is 80.4 Å². The molecule has 14 heteroatoms. The first-order chi connectivity index (χ1) is 21.9. The third kappa shape index (κ3) is 15.1. The van der Waals surface area contributed by atoms with Gasteiger partial charge in [-0.3, -0.25) is 15.7 Å². The van der Waals surface area contributed by atoms with Gasteiger partial charge in [-0.15, -0.1) is 11.3 Å². The van der Waals surface area contributed by atoms with E-state index in [-0.39, 0.29) is 11.8 Å². The number of anilines is 2. The van der Waals surface area contributed by atoms with Crippen molar-refractivity contribution >= 4 is 46.0 Å². The molecule has 0 aliphatic heterocycles. The maximum absolute atomic E-state index is 13.4. The Morgan fingerprint density at radius 3 is 2.67 bits per heavy atom. The van der Waals surface area contributed by atoms with E-state index in [0.29, 0.717) is 24.2 Å². The van der Waals surface area contributed by atoms with Crippen LogP contribution in [0.3, 0.4) is 0 Å². The lowest BCUT2D eigenvalue weighted by atomic mass is 10.1. The van der Waals surface area contributed by atoms with Crippen LogP contribution in [0.2, 0.25) is 0 Å². The number of nitrogens with zero attached hydrogens (tertiary/aromatic N) is 6. The van der Waals surface area contributed by atoms with Crippen LogP contribution in [-0.4, -0.2) is 72.3 Å². The molecule has 0 amide bonds. The average Bonchev–Trinajstić information content (AvgIpc) is 3.47. The van der Waals surface area contributed by atoms with Crippen molar-refractivity contribution in [2.75, 3.05) is 55.7 Å². The number of nitrogens with one attached hydrogen (secondary N) is 4. The Morgan fingerprint density at radius 2 is 1.91 bits per heavy atom. The highest BCUT2D eigenvalue weighted by Gasteiger charge is 2.10. The second kappa shape index (κ2) is 20.9. The van der Waals surface area contributed by atoms with Crippen LogP contribution in [-0.2, 0) is 12.3 Å². The summed E-state index contributed by atoms with van der Waals surface area (Å²) >= 11 is 3.13. The molecule has 0 unspecified atom stereocenters. The first-order valence-corrected chi connectivity index (χ1v) is 17.1. The highest BCUT2D eigenvalue weighted by atomic mass is 32.2. The fourth-order valence-electron chi connectivity index (χ4n) is 4.41. The van der Waals surface area contributed by atoms with Crippen LogP contribution in [0, 0.1) is 22.7 Å². The van der Waals surface area contributed by atoms with Crippen molar-refractivity contribution in [1.29, 1.82) is 10.7 Å². The zero-order chi connectivity index (χ0) is 32.1. The molecule has 3 rings (SSSR count). The standard InChI is InChI=1S/C31H44FN11S2/c1-42(18-19-43(28-9-5-7-14-36-28)21-25-10-12-26(32)13-11-25)17-8-4-2-3-6-15-37-30(39-24-33)38-16-20-44-22-27-23-45-31(40-27)41-29(34)35/h5,7,9-14,23H,2-4,6,8,15-22H2,1H3,(H2,37,38,39)(H4,34,35,40,41). The summed E-state index contributed by atoms with van der Waals surface area (Å²) in [6.45, 7) is 4.82. The zero-order valence-electron chi connectivity index (χ0n) is 25.8. The Kier molecular flexibility index (Phi) is 16.5. The van der Waals surface area contributed by atoms with E-state index < -0.39 is 0 Å². The first-order valence-electron chi connectivity index (χ1n) is 15.1. The number of pyridine rings is 1. The Bertz CT molecular complexity index is 1330. The molecule has 2 aromatic heterocycles. The molecule has 242 valence electrons. The molecule has 0 saturated heterocycles. The summed E-state index contributed by atoms with van der Waals surface area (Å²) in [6, 6.07) is 12.6. The number of unbranched alkanes of at least 4 members (excludes halogenated alkanes) is 4. The van der Waals surface area contributed by atoms with Crippen molar-refractivity contribution in [2.45, 2.75) is 44.4 Å². The minimum atomic E-state index is -0.222.